The Morgan fingerprint density at radius 1 is 0.744 bits per heavy atom. The Morgan fingerprint density at radius 3 is 1.67 bits per heavy atom. The van der Waals surface area contributed by atoms with Gasteiger partial charge in [0.2, 0.25) is 5.91 Å². The maximum atomic E-state index is 14.6. The average molecular weight is 575 g/mol. The molecule has 43 heavy (non-hydrogen) atoms. The molecule has 4 atom stereocenters. The maximum absolute atomic E-state index is 14.6. The first-order chi connectivity index (χ1) is 20.9. The summed E-state index contributed by atoms with van der Waals surface area (Å²) in [5.74, 6) is -1.65. The molecule has 2 heterocycles. The molecule has 0 radical (unpaired) electrons. The lowest BCUT2D eigenvalue weighted by molar-refractivity contribution is -0.178. The number of piperazine rings is 1. The fourth-order valence-electron chi connectivity index (χ4n) is 7.36. The van der Waals surface area contributed by atoms with E-state index in [-0.39, 0.29) is 18.5 Å². The fourth-order valence-corrected chi connectivity index (χ4v) is 7.36. The molecule has 6 rings (SSSR count). The zero-order valence-electron chi connectivity index (χ0n) is 24.4. The van der Waals surface area contributed by atoms with Gasteiger partial charge < -0.3 is 15.1 Å². The molecule has 6 nitrogen and oxygen atoms in total. The van der Waals surface area contributed by atoms with E-state index < -0.39 is 35.6 Å². The lowest BCUT2D eigenvalue weighted by Gasteiger charge is -2.56. The lowest BCUT2D eigenvalue weighted by Crippen LogP contribution is -2.72. The first-order valence-corrected chi connectivity index (χ1v) is 15.1. The molecule has 0 aliphatic carbocycles. The molecule has 4 aromatic carbocycles. The van der Waals surface area contributed by atoms with E-state index in [4.69, 9.17) is 0 Å². The topological polar surface area (TPSA) is 81.1 Å². The zero-order valence-corrected chi connectivity index (χ0v) is 24.4. The number of aliphatic carboxylic acids is 1. The van der Waals surface area contributed by atoms with Crippen molar-refractivity contribution in [2.45, 2.75) is 61.9 Å². The minimum atomic E-state index is -1.14. The van der Waals surface area contributed by atoms with Crippen molar-refractivity contribution >= 4 is 11.9 Å². The van der Waals surface area contributed by atoms with Gasteiger partial charge in [-0.25, -0.2) is 0 Å². The van der Waals surface area contributed by atoms with Crippen LogP contribution in [-0.4, -0.2) is 62.8 Å². The molecule has 0 spiro atoms. The molecular weight excluding hydrogens is 536 g/mol. The average Bonchev–Trinajstić information content (AvgIpc) is 3.05. The van der Waals surface area contributed by atoms with Gasteiger partial charge in [-0.1, -0.05) is 121 Å². The van der Waals surface area contributed by atoms with Crippen LogP contribution in [0.2, 0.25) is 0 Å². The van der Waals surface area contributed by atoms with Crippen molar-refractivity contribution in [3.63, 3.8) is 0 Å². The fraction of sp³-hybridized carbons (Fsp3) is 0.297. The van der Waals surface area contributed by atoms with Crippen LogP contribution in [0.4, 0.5) is 0 Å². The number of carbonyl (C=O) groups is 2. The number of hydrogen-bond donors (Lipinski definition) is 2. The zero-order chi connectivity index (χ0) is 30.0. The normalized spacial score (nSPS) is 21.4. The van der Waals surface area contributed by atoms with E-state index in [1.54, 1.807) is 4.90 Å². The van der Waals surface area contributed by atoms with Crippen molar-refractivity contribution in [3.05, 3.63) is 144 Å². The van der Waals surface area contributed by atoms with Crippen LogP contribution in [0, 0.1) is 0 Å². The number of piperidine rings is 1. The second-order valence-electron chi connectivity index (χ2n) is 11.9. The molecule has 0 aromatic heterocycles. The highest BCUT2D eigenvalue weighted by Gasteiger charge is 2.54. The molecular formula is C37H38N2O4. The minimum Gasteiger partial charge on any atom is -0.480 e. The van der Waals surface area contributed by atoms with Gasteiger partial charge in [-0.2, -0.15) is 0 Å². The summed E-state index contributed by atoms with van der Waals surface area (Å²) in [5.41, 5.74) is 2.65. The van der Waals surface area contributed by atoms with Gasteiger partial charge >= 0.3 is 5.97 Å². The number of carboxylic acid groups (broad SMARTS) is 1. The standard InChI is InChI=1S/C37H38N2O4/c1-37(28-19-10-4-11-20-28,29-21-12-5-13-22-29)36(43)38-25-30-23-14-24-31(33(38)35(41)42)39(30)34(40)32(26-15-6-2-7-16-26)27-17-8-3-9-18-27/h2-13,15-22,30-33,36,43H,14,23-25H2,1H3,(H,41,42)/t30-,31+,33-,36?/m0/s1. The SMILES string of the molecule is CC(c1ccccc1)(c1ccccc1)C(O)N1C[C@@H]2CCC[C@H]([C@H]1C(=O)O)N2C(=O)C(c1ccccc1)c1ccccc1. The van der Waals surface area contributed by atoms with Crippen molar-refractivity contribution in [2.24, 2.45) is 0 Å². The summed E-state index contributed by atoms with van der Waals surface area (Å²) in [5, 5.41) is 23.1. The second kappa shape index (κ2) is 12.2. The van der Waals surface area contributed by atoms with E-state index in [0.717, 1.165) is 35.1 Å². The number of aliphatic hydroxyl groups excluding tert-OH is 1. The quantitative estimate of drug-likeness (QED) is 0.284. The van der Waals surface area contributed by atoms with E-state index in [0.29, 0.717) is 6.42 Å². The minimum absolute atomic E-state index is 0.0821. The number of amides is 1. The molecule has 4 aromatic rings. The lowest BCUT2D eigenvalue weighted by atomic mass is 9.72. The highest BCUT2D eigenvalue weighted by atomic mass is 16.4. The Morgan fingerprint density at radius 2 is 1.21 bits per heavy atom. The highest BCUT2D eigenvalue weighted by Crippen LogP contribution is 2.43. The summed E-state index contributed by atoms with van der Waals surface area (Å²) in [6, 6.07) is 37.2. The molecule has 2 saturated heterocycles. The first-order valence-electron chi connectivity index (χ1n) is 15.1. The number of hydrogen-bond acceptors (Lipinski definition) is 4. The summed E-state index contributed by atoms with van der Waals surface area (Å²) in [6.07, 6.45) is 1.01. The number of likely N-dealkylation sites (tertiary alicyclic amines) is 1. The third-order valence-corrected chi connectivity index (χ3v) is 9.53. The van der Waals surface area contributed by atoms with E-state index in [1.165, 1.54) is 0 Å². The van der Waals surface area contributed by atoms with Crippen molar-refractivity contribution in [2.75, 3.05) is 6.54 Å². The van der Waals surface area contributed by atoms with Crippen LogP contribution in [0.5, 0.6) is 0 Å². The van der Waals surface area contributed by atoms with Gasteiger partial charge in [0.25, 0.3) is 0 Å². The molecule has 220 valence electrons. The van der Waals surface area contributed by atoms with Crippen molar-refractivity contribution in [1.82, 2.24) is 9.80 Å². The number of carbonyl (C=O) groups excluding carboxylic acids is 1. The monoisotopic (exact) mass is 574 g/mol. The van der Waals surface area contributed by atoms with Gasteiger partial charge in [0.15, 0.2) is 0 Å². The van der Waals surface area contributed by atoms with Crippen LogP contribution >= 0.6 is 0 Å². The first kappa shape index (κ1) is 28.8. The number of nitrogens with zero attached hydrogens (tertiary/aromatic N) is 2. The van der Waals surface area contributed by atoms with Gasteiger partial charge in [0.1, 0.15) is 12.3 Å². The van der Waals surface area contributed by atoms with Crippen LogP contribution in [0.15, 0.2) is 121 Å². The van der Waals surface area contributed by atoms with E-state index in [1.807, 2.05) is 133 Å². The van der Waals surface area contributed by atoms with Crippen LogP contribution < -0.4 is 0 Å². The van der Waals surface area contributed by atoms with Gasteiger partial charge in [-0.3, -0.25) is 14.5 Å². The largest absolute Gasteiger partial charge is 0.480 e. The Balaban J connectivity index is 1.41. The number of rotatable bonds is 8. The van der Waals surface area contributed by atoms with Gasteiger partial charge in [0.05, 0.1) is 17.4 Å². The van der Waals surface area contributed by atoms with Crippen LogP contribution in [0.3, 0.4) is 0 Å². The summed E-state index contributed by atoms with van der Waals surface area (Å²) in [4.78, 5) is 31.4. The van der Waals surface area contributed by atoms with Gasteiger partial charge in [-0.15, -0.1) is 0 Å². The Kier molecular flexibility index (Phi) is 8.15. The summed E-state index contributed by atoms with van der Waals surface area (Å²) in [6.45, 7) is 2.25. The number of aliphatic hydroxyl groups is 1. The van der Waals surface area contributed by atoms with Crippen molar-refractivity contribution in [3.8, 4) is 0 Å². The molecule has 2 fully saturated rings. The third kappa shape index (κ3) is 5.26. The predicted octanol–water partition coefficient (Wildman–Crippen LogP) is 5.66. The van der Waals surface area contributed by atoms with Gasteiger partial charge in [-0.05, 0) is 48.4 Å². The summed E-state index contributed by atoms with van der Waals surface area (Å²) < 4.78 is 0. The maximum Gasteiger partial charge on any atom is 0.323 e. The molecule has 2 aliphatic rings. The van der Waals surface area contributed by atoms with E-state index >= 15 is 0 Å². The third-order valence-electron chi connectivity index (χ3n) is 9.53. The molecule has 2 bridgehead atoms. The predicted molar refractivity (Wildman–Crippen MR) is 166 cm³/mol. The van der Waals surface area contributed by atoms with E-state index in [2.05, 4.69) is 0 Å². The smallest absolute Gasteiger partial charge is 0.323 e. The summed E-state index contributed by atoms with van der Waals surface area (Å²) in [7, 11) is 0. The number of fused-ring (bicyclic) bond motifs is 2. The summed E-state index contributed by atoms with van der Waals surface area (Å²) >= 11 is 0. The van der Waals surface area contributed by atoms with Gasteiger partial charge in [0, 0.05) is 12.6 Å². The van der Waals surface area contributed by atoms with E-state index in [9.17, 15) is 19.8 Å². The van der Waals surface area contributed by atoms with Crippen LogP contribution in [-0.2, 0) is 15.0 Å². The Bertz CT molecular complexity index is 1450. The molecule has 2 aliphatic heterocycles. The van der Waals surface area contributed by atoms with Crippen LogP contribution in [0.25, 0.3) is 0 Å². The molecule has 0 saturated carbocycles. The molecule has 2 N–H and O–H groups in total. The number of carboxylic acids is 1. The molecule has 6 heteroatoms. The second-order valence-corrected chi connectivity index (χ2v) is 11.9. The Hall–Kier alpha value is -4.26. The number of benzene rings is 4. The van der Waals surface area contributed by atoms with Crippen LogP contribution in [0.1, 0.15) is 54.4 Å². The molecule has 1 amide bonds. The van der Waals surface area contributed by atoms with Crippen molar-refractivity contribution < 1.29 is 19.8 Å². The van der Waals surface area contributed by atoms with Crippen molar-refractivity contribution in [1.29, 1.82) is 0 Å². The highest BCUT2D eigenvalue weighted by molar-refractivity contribution is 5.89. The Labute approximate surface area is 253 Å². The molecule has 1 unspecified atom stereocenters.